The maximum atomic E-state index is 12.7. The summed E-state index contributed by atoms with van der Waals surface area (Å²) in [5.74, 6) is 0.166. The van der Waals surface area contributed by atoms with Crippen LogP contribution in [0, 0.1) is 0 Å². The molecule has 2 saturated heterocycles. The Morgan fingerprint density at radius 2 is 1.80 bits per heavy atom. The first-order chi connectivity index (χ1) is 14.3. The molecule has 2 aliphatic rings. The molecule has 0 spiro atoms. The fourth-order valence-corrected chi connectivity index (χ4v) is 4.10. The largest absolute Gasteiger partial charge is 0.417 e. The van der Waals surface area contributed by atoms with Gasteiger partial charge in [-0.25, -0.2) is 0 Å². The van der Waals surface area contributed by atoms with Crippen LogP contribution in [0.25, 0.3) is 5.70 Å². The molecular formula is C23H25F3N2O2. The number of methoxy groups -OCH3 is 1. The second kappa shape index (κ2) is 8.04. The molecule has 0 radical (unpaired) electrons. The van der Waals surface area contributed by atoms with Crippen molar-refractivity contribution in [1.29, 1.82) is 0 Å². The lowest BCUT2D eigenvalue weighted by Crippen LogP contribution is -2.48. The van der Waals surface area contributed by atoms with E-state index >= 15 is 0 Å². The van der Waals surface area contributed by atoms with E-state index in [2.05, 4.69) is 40.7 Å². The molecule has 7 heteroatoms. The minimum absolute atomic E-state index is 0.166. The van der Waals surface area contributed by atoms with Crippen molar-refractivity contribution in [2.24, 2.45) is 0 Å². The number of alkyl halides is 3. The number of hydrogen-bond donors (Lipinski definition) is 0. The first-order valence-electron chi connectivity index (χ1n) is 10.0. The number of pyridine rings is 1. The molecule has 30 heavy (non-hydrogen) atoms. The summed E-state index contributed by atoms with van der Waals surface area (Å²) in [6.07, 6.45) is -1.75. The van der Waals surface area contributed by atoms with Crippen molar-refractivity contribution in [3.05, 3.63) is 71.6 Å². The molecule has 0 saturated carbocycles. The van der Waals surface area contributed by atoms with E-state index in [9.17, 15) is 13.2 Å². The van der Waals surface area contributed by atoms with E-state index in [-0.39, 0.29) is 11.5 Å². The van der Waals surface area contributed by atoms with Crippen molar-refractivity contribution < 1.29 is 22.6 Å². The highest BCUT2D eigenvalue weighted by molar-refractivity contribution is 5.62. The number of hydrogen-bond acceptors (Lipinski definition) is 4. The molecule has 0 aliphatic carbocycles. The molecule has 0 unspecified atom stereocenters. The third-order valence-electron chi connectivity index (χ3n) is 6.21. The lowest BCUT2D eigenvalue weighted by atomic mass is 9.90. The average Bonchev–Trinajstić information content (AvgIpc) is 2.73. The lowest BCUT2D eigenvalue weighted by Gasteiger charge is -2.40. The van der Waals surface area contributed by atoms with Crippen LogP contribution >= 0.6 is 0 Å². The van der Waals surface area contributed by atoms with E-state index in [1.165, 1.54) is 6.07 Å². The molecule has 1 aromatic carbocycles. The van der Waals surface area contributed by atoms with Crippen LogP contribution in [0.3, 0.4) is 0 Å². The van der Waals surface area contributed by atoms with Gasteiger partial charge in [0.2, 0.25) is 0 Å². The number of halogens is 3. The Kier molecular flexibility index (Phi) is 5.59. The Hall–Kier alpha value is -2.38. The summed E-state index contributed by atoms with van der Waals surface area (Å²) in [4.78, 5) is 6.30. The van der Waals surface area contributed by atoms with Gasteiger partial charge in [0.25, 0.3) is 0 Å². The minimum Gasteiger partial charge on any atom is -0.375 e. The first-order valence-corrected chi connectivity index (χ1v) is 10.0. The van der Waals surface area contributed by atoms with Crippen LogP contribution in [0.2, 0.25) is 0 Å². The smallest absolute Gasteiger partial charge is 0.375 e. The van der Waals surface area contributed by atoms with Gasteiger partial charge in [0, 0.05) is 43.7 Å². The number of benzene rings is 1. The SMILES string of the molecule is C=C(c1ccc(C2(OC)COC2)cc1)N1CCC(c2ccc(C(F)(F)F)cn2)CC1. The Balaban J connectivity index is 1.36. The van der Waals surface area contributed by atoms with Crippen LogP contribution in [0.4, 0.5) is 13.2 Å². The van der Waals surface area contributed by atoms with Gasteiger partial charge in [-0.05, 0) is 36.1 Å². The summed E-state index contributed by atoms with van der Waals surface area (Å²) in [5, 5.41) is 0. The van der Waals surface area contributed by atoms with Crippen LogP contribution in [0.15, 0.2) is 49.2 Å². The predicted molar refractivity (Wildman–Crippen MR) is 108 cm³/mol. The highest BCUT2D eigenvalue weighted by Gasteiger charge is 2.40. The maximum Gasteiger partial charge on any atom is 0.417 e. The number of rotatable bonds is 5. The summed E-state index contributed by atoms with van der Waals surface area (Å²) in [6, 6.07) is 10.9. The van der Waals surface area contributed by atoms with Gasteiger partial charge < -0.3 is 14.4 Å². The zero-order valence-electron chi connectivity index (χ0n) is 16.9. The Labute approximate surface area is 174 Å². The van der Waals surface area contributed by atoms with E-state index in [0.29, 0.717) is 13.2 Å². The molecular weight excluding hydrogens is 393 g/mol. The van der Waals surface area contributed by atoms with Gasteiger partial charge in [0.1, 0.15) is 5.60 Å². The van der Waals surface area contributed by atoms with E-state index in [0.717, 1.165) is 60.7 Å². The number of piperidine rings is 1. The zero-order chi connectivity index (χ0) is 21.4. The predicted octanol–water partition coefficient (Wildman–Crippen LogP) is 4.82. The molecule has 2 fully saturated rings. The van der Waals surface area contributed by atoms with E-state index < -0.39 is 11.7 Å². The highest BCUT2D eigenvalue weighted by Crippen LogP contribution is 2.35. The van der Waals surface area contributed by atoms with Gasteiger partial charge in [0.05, 0.1) is 18.8 Å². The summed E-state index contributed by atoms with van der Waals surface area (Å²) < 4.78 is 49.1. The van der Waals surface area contributed by atoms with E-state index in [1.54, 1.807) is 7.11 Å². The van der Waals surface area contributed by atoms with Crippen LogP contribution in [-0.2, 0) is 21.3 Å². The van der Waals surface area contributed by atoms with Crippen LogP contribution < -0.4 is 0 Å². The molecule has 0 atom stereocenters. The van der Waals surface area contributed by atoms with Crippen molar-refractivity contribution in [3.8, 4) is 0 Å². The second-order valence-corrected chi connectivity index (χ2v) is 7.95. The second-order valence-electron chi connectivity index (χ2n) is 7.95. The van der Waals surface area contributed by atoms with Gasteiger partial charge in [-0.1, -0.05) is 30.8 Å². The Bertz CT molecular complexity index is 877. The van der Waals surface area contributed by atoms with Crippen molar-refractivity contribution >= 4 is 5.70 Å². The van der Waals surface area contributed by atoms with Crippen LogP contribution in [0.1, 0.15) is 41.1 Å². The molecule has 0 N–H and O–H groups in total. The van der Waals surface area contributed by atoms with Crippen LogP contribution in [0.5, 0.6) is 0 Å². The molecule has 2 aromatic rings. The zero-order valence-corrected chi connectivity index (χ0v) is 16.9. The number of ether oxygens (including phenoxy) is 2. The number of aromatic nitrogens is 1. The van der Waals surface area contributed by atoms with Crippen molar-refractivity contribution in [1.82, 2.24) is 9.88 Å². The third-order valence-corrected chi connectivity index (χ3v) is 6.21. The standard InChI is InChI=1S/C23H25F3N2O2/c1-16(17-3-5-19(6-4-17)22(29-2)14-30-15-22)28-11-9-18(10-12-28)21-8-7-20(13-27-21)23(24,25)26/h3-8,13,18H,1,9-12,14-15H2,2H3. The molecule has 2 aliphatic heterocycles. The normalized spacial score (nSPS) is 19.4. The van der Waals surface area contributed by atoms with E-state index in [1.807, 2.05) is 0 Å². The molecule has 0 amide bonds. The highest BCUT2D eigenvalue weighted by atomic mass is 19.4. The summed E-state index contributed by atoms with van der Waals surface area (Å²) in [5.41, 5.74) is 2.79. The molecule has 1 aromatic heterocycles. The average molecular weight is 418 g/mol. The number of nitrogens with zero attached hydrogens (tertiary/aromatic N) is 2. The summed E-state index contributed by atoms with van der Waals surface area (Å²) in [6.45, 7) is 6.98. The quantitative estimate of drug-likeness (QED) is 0.697. The Morgan fingerprint density at radius 3 is 2.27 bits per heavy atom. The third kappa shape index (κ3) is 3.96. The fourth-order valence-electron chi connectivity index (χ4n) is 4.10. The van der Waals surface area contributed by atoms with Gasteiger partial charge >= 0.3 is 6.18 Å². The van der Waals surface area contributed by atoms with Gasteiger partial charge in [-0.2, -0.15) is 13.2 Å². The summed E-state index contributed by atoms with van der Waals surface area (Å²) >= 11 is 0. The minimum atomic E-state index is -4.35. The van der Waals surface area contributed by atoms with Crippen molar-refractivity contribution in [3.63, 3.8) is 0 Å². The lowest BCUT2D eigenvalue weighted by molar-refractivity contribution is -0.202. The Morgan fingerprint density at radius 1 is 1.13 bits per heavy atom. The summed E-state index contributed by atoms with van der Waals surface area (Å²) in [7, 11) is 1.70. The fraction of sp³-hybridized carbons (Fsp3) is 0.435. The van der Waals surface area contributed by atoms with Gasteiger partial charge in [0.15, 0.2) is 0 Å². The molecule has 4 nitrogen and oxygen atoms in total. The van der Waals surface area contributed by atoms with Crippen LogP contribution in [-0.4, -0.2) is 43.3 Å². The molecule has 3 heterocycles. The number of likely N-dealkylation sites (tertiary alicyclic amines) is 1. The van der Waals surface area contributed by atoms with Gasteiger partial charge in [-0.3, -0.25) is 4.98 Å². The monoisotopic (exact) mass is 418 g/mol. The molecule has 4 rings (SSSR count). The van der Waals surface area contributed by atoms with Gasteiger partial charge in [-0.15, -0.1) is 0 Å². The molecule has 160 valence electrons. The first kappa shape index (κ1) is 20.9. The topological polar surface area (TPSA) is 34.6 Å². The van der Waals surface area contributed by atoms with Crippen molar-refractivity contribution in [2.75, 3.05) is 33.4 Å². The molecule has 0 bridgehead atoms. The maximum absolute atomic E-state index is 12.7. The van der Waals surface area contributed by atoms with E-state index in [4.69, 9.17) is 9.47 Å². The van der Waals surface area contributed by atoms with Crippen molar-refractivity contribution in [2.45, 2.75) is 30.5 Å².